The molecule has 0 aliphatic carbocycles. The summed E-state index contributed by atoms with van der Waals surface area (Å²) in [6.07, 6.45) is 4.57. The van der Waals surface area contributed by atoms with E-state index < -0.39 is 0 Å². The zero-order valence-electron chi connectivity index (χ0n) is 7.22. The standard InChI is InChI=1S/C8H12ClN3O/c9-3-1-2-8(13)12-6-7-10-4-5-11-7/h4-5H,1-3,6H2,(H,10,11)(H,12,13). The molecule has 13 heavy (non-hydrogen) atoms. The number of hydrogen-bond donors (Lipinski definition) is 2. The number of aromatic nitrogens is 2. The maximum absolute atomic E-state index is 11.1. The van der Waals surface area contributed by atoms with Crippen molar-refractivity contribution in [3.05, 3.63) is 18.2 Å². The van der Waals surface area contributed by atoms with Gasteiger partial charge in [-0.25, -0.2) is 4.98 Å². The van der Waals surface area contributed by atoms with E-state index in [0.29, 0.717) is 25.3 Å². The van der Waals surface area contributed by atoms with Gasteiger partial charge in [-0.15, -0.1) is 11.6 Å². The summed E-state index contributed by atoms with van der Waals surface area (Å²) in [7, 11) is 0. The predicted molar refractivity (Wildman–Crippen MR) is 50.4 cm³/mol. The molecule has 0 radical (unpaired) electrons. The monoisotopic (exact) mass is 201 g/mol. The molecule has 72 valence electrons. The van der Waals surface area contributed by atoms with Crippen LogP contribution in [-0.2, 0) is 11.3 Å². The van der Waals surface area contributed by atoms with Crippen LogP contribution in [0.25, 0.3) is 0 Å². The lowest BCUT2D eigenvalue weighted by atomic mass is 10.3. The summed E-state index contributed by atoms with van der Waals surface area (Å²) in [6, 6.07) is 0. The predicted octanol–water partition coefficient (Wildman–Crippen LogP) is 1.04. The van der Waals surface area contributed by atoms with E-state index in [1.165, 1.54) is 0 Å². The van der Waals surface area contributed by atoms with Crippen molar-refractivity contribution in [2.24, 2.45) is 0 Å². The zero-order valence-corrected chi connectivity index (χ0v) is 7.97. The van der Waals surface area contributed by atoms with Crippen molar-refractivity contribution in [2.45, 2.75) is 19.4 Å². The van der Waals surface area contributed by atoms with Gasteiger partial charge in [0.25, 0.3) is 0 Å². The molecule has 0 aromatic carbocycles. The normalized spacial score (nSPS) is 9.92. The Kier molecular flexibility index (Phi) is 4.32. The van der Waals surface area contributed by atoms with Gasteiger partial charge in [0.2, 0.25) is 5.91 Å². The van der Waals surface area contributed by atoms with Crippen LogP contribution in [0, 0.1) is 0 Å². The molecule has 0 saturated carbocycles. The Morgan fingerprint density at radius 1 is 1.69 bits per heavy atom. The van der Waals surface area contributed by atoms with Crippen molar-refractivity contribution in [1.82, 2.24) is 15.3 Å². The highest BCUT2D eigenvalue weighted by atomic mass is 35.5. The highest BCUT2D eigenvalue weighted by molar-refractivity contribution is 6.17. The summed E-state index contributed by atoms with van der Waals surface area (Å²) in [4.78, 5) is 18.0. The molecular weight excluding hydrogens is 190 g/mol. The molecule has 0 bridgehead atoms. The van der Waals surface area contributed by atoms with E-state index in [2.05, 4.69) is 15.3 Å². The third kappa shape index (κ3) is 3.94. The fourth-order valence-corrected chi connectivity index (χ4v) is 1.03. The van der Waals surface area contributed by atoms with Crippen LogP contribution in [0.3, 0.4) is 0 Å². The summed E-state index contributed by atoms with van der Waals surface area (Å²) < 4.78 is 0. The van der Waals surface area contributed by atoms with Crippen LogP contribution in [-0.4, -0.2) is 21.8 Å². The largest absolute Gasteiger partial charge is 0.349 e. The van der Waals surface area contributed by atoms with E-state index in [9.17, 15) is 4.79 Å². The SMILES string of the molecule is O=C(CCCCl)NCc1ncc[nH]1. The third-order valence-electron chi connectivity index (χ3n) is 1.55. The van der Waals surface area contributed by atoms with Gasteiger partial charge in [-0.1, -0.05) is 0 Å². The number of carbonyl (C=O) groups excluding carboxylic acids is 1. The van der Waals surface area contributed by atoms with E-state index >= 15 is 0 Å². The first kappa shape index (κ1) is 10.1. The van der Waals surface area contributed by atoms with Gasteiger partial charge in [-0.3, -0.25) is 4.79 Å². The average Bonchev–Trinajstić information content (AvgIpc) is 2.64. The fourth-order valence-electron chi connectivity index (χ4n) is 0.893. The summed E-state index contributed by atoms with van der Waals surface area (Å²) in [5.41, 5.74) is 0. The Labute approximate surface area is 81.7 Å². The Hall–Kier alpha value is -1.03. The van der Waals surface area contributed by atoms with Crippen molar-refractivity contribution in [1.29, 1.82) is 0 Å². The van der Waals surface area contributed by atoms with E-state index in [1.807, 2.05) is 0 Å². The first-order valence-corrected chi connectivity index (χ1v) is 4.67. The van der Waals surface area contributed by atoms with E-state index in [1.54, 1.807) is 12.4 Å². The molecule has 1 aromatic heterocycles. The van der Waals surface area contributed by atoms with Crippen LogP contribution in [0.15, 0.2) is 12.4 Å². The molecule has 0 aliphatic heterocycles. The molecular formula is C8H12ClN3O. The summed E-state index contributed by atoms with van der Waals surface area (Å²) in [6.45, 7) is 0.452. The van der Waals surface area contributed by atoms with Crippen LogP contribution in [0.1, 0.15) is 18.7 Å². The van der Waals surface area contributed by atoms with Crippen LogP contribution in [0.5, 0.6) is 0 Å². The number of imidazole rings is 1. The first-order chi connectivity index (χ1) is 6.33. The second-order valence-electron chi connectivity index (χ2n) is 2.61. The molecule has 0 saturated heterocycles. The summed E-state index contributed by atoms with van der Waals surface area (Å²) >= 11 is 5.45. The highest BCUT2D eigenvalue weighted by Gasteiger charge is 2.00. The number of carbonyl (C=O) groups is 1. The van der Waals surface area contributed by atoms with Crippen LogP contribution in [0.2, 0.25) is 0 Å². The van der Waals surface area contributed by atoms with Crippen molar-refractivity contribution in [3.8, 4) is 0 Å². The molecule has 0 atom stereocenters. The maximum Gasteiger partial charge on any atom is 0.220 e. The number of rotatable bonds is 5. The van der Waals surface area contributed by atoms with E-state index in [0.717, 1.165) is 5.82 Å². The minimum atomic E-state index is 0.0112. The smallest absolute Gasteiger partial charge is 0.220 e. The van der Waals surface area contributed by atoms with Gasteiger partial charge in [0.05, 0.1) is 6.54 Å². The Morgan fingerprint density at radius 2 is 2.54 bits per heavy atom. The molecule has 1 rings (SSSR count). The first-order valence-electron chi connectivity index (χ1n) is 4.14. The van der Waals surface area contributed by atoms with Crippen LogP contribution < -0.4 is 5.32 Å². The molecule has 1 aromatic rings. The minimum absolute atomic E-state index is 0.0112. The molecule has 0 spiro atoms. The lowest BCUT2D eigenvalue weighted by molar-refractivity contribution is -0.121. The number of aromatic amines is 1. The lowest BCUT2D eigenvalue weighted by Crippen LogP contribution is -2.23. The number of alkyl halides is 1. The quantitative estimate of drug-likeness (QED) is 0.700. The molecule has 0 fully saturated rings. The number of H-pyrrole nitrogens is 1. The summed E-state index contributed by atoms with van der Waals surface area (Å²) in [5, 5.41) is 2.73. The Bertz CT molecular complexity index is 248. The van der Waals surface area contributed by atoms with Crippen molar-refractivity contribution in [3.63, 3.8) is 0 Å². The topological polar surface area (TPSA) is 57.8 Å². The molecule has 4 nitrogen and oxygen atoms in total. The fraction of sp³-hybridized carbons (Fsp3) is 0.500. The van der Waals surface area contributed by atoms with Gasteiger partial charge in [-0.2, -0.15) is 0 Å². The second-order valence-corrected chi connectivity index (χ2v) is 2.98. The Balaban J connectivity index is 2.15. The van der Waals surface area contributed by atoms with Gasteiger partial charge in [0.1, 0.15) is 5.82 Å². The van der Waals surface area contributed by atoms with Gasteiger partial charge in [-0.05, 0) is 6.42 Å². The number of nitrogens with one attached hydrogen (secondary N) is 2. The molecule has 0 aliphatic rings. The van der Waals surface area contributed by atoms with Crippen molar-refractivity contribution in [2.75, 3.05) is 5.88 Å². The number of halogens is 1. The van der Waals surface area contributed by atoms with Crippen molar-refractivity contribution < 1.29 is 4.79 Å². The number of amides is 1. The highest BCUT2D eigenvalue weighted by Crippen LogP contribution is 1.93. The zero-order chi connectivity index (χ0) is 9.52. The van der Waals surface area contributed by atoms with E-state index in [-0.39, 0.29) is 5.91 Å². The van der Waals surface area contributed by atoms with Gasteiger partial charge in [0.15, 0.2) is 0 Å². The molecule has 2 N–H and O–H groups in total. The van der Waals surface area contributed by atoms with Crippen molar-refractivity contribution >= 4 is 17.5 Å². The molecule has 1 amide bonds. The molecule has 0 unspecified atom stereocenters. The second kappa shape index (κ2) is 5.59. The van der Waals surface area contributed by atoms with Crippen LogP contribution in [0.4, 0.5) is 0 Å². The average molecular weight is 202 g/mol. The maximum atomic E-state index is 11.1. The molecule has 5 heteroatoms. The molecule has 1 heterocycles. The summed E-state index contributed by atoms with van der Waals surface area (Å²) in [5.74, 6) is 1.30. The van der Waals surface area contributed by atoms with E-state index in [4.69, 9.17) is 11.6 Å². The third-order valence-corrected chi connectivity index (χ3v) is 1.81. The van der Waals surface area contributed by atoms with Gasteiger partial charge >= 0.3 is 0 Å². The van der Waals surface area contributed by atoms with Gasteiger partial charge in [0, 0.05) is 24.7 Å². The Morgan fingerprint density at radius 3 is 3.15 bits per heavy atom. The lowest BCUT2D eigenvalue weighted by Gasteiger charge is -2.01. The number of hydrogen-bond acceptors (Lipinski definition) is 2. The minimum Gasteiger partial charge on any atom is -0.349 e. The number of nitrogens with zero attached hydrogens (tertiary/aromatic N) is 1. The van der Waals surface area contributed by atoms with Crippen LogP contribution >= 0.6 is 11.6 Å². The van der Waals surface area contributed by atoms with Gasteiger partial charge < -0.3 is 10.3 Å².